The van der Waals surface area contributed by atoms with Gasteiger partial charge in [0.2, 0.25) is 0 Å². The van der Waals surface area contributed by atoms with Crippen LogP contribution >= 0.6 is 23.2 Å². The van der Waals surface area contributed by atoms with E-state index in [1.54, 1.807) is 32.2 Å². The van der Waals surface area contributed by atoms with Crippen LogP contribution < -0.4 is 4.74 Å². The van der Waals surface area contributed by atoms with Crippen LogP contribution in [0.5, 0.6) is 5.75 Å². The standard InChI is InChI=1S/C10H12Cl2O2/c1-6(13)10(12)7-3-4-9(14-2)8(11)5-7/h3-6,10,13H,1-2H3. The third-order valence-electron chi connectivity index (χ3n) is 1.92. The molecular formula is C10H12Cl2O2. The Bertz CT molecular complexity index is 313. The highest BCUT2D eigenvalue weighted by Gasteiger charge is 2.15. The summed E-state index contributed by atoms with van der Waals surface area (Å²) >= 11 is 11.9. The van der Waals surface area contributed by atoms with Crippen molar-refractivity contribution in [2.24, 2.45) is 0 Å². The molecule has 1 aromatic carbocycles. The molecule has 2 atom stereocenters. The zero-order valence-corrected chi connectivity index (χ0v) is 9.51. The lowest BCUT2D eigenvalue weighted by molar-refractivity contribution is 0.190. The van der Waals surface area contributed by atoms with Crippen LogP contribution in [0.4, 0.5) is 0 Å². The van der Waals surface area contributed by atoms with Gasteiger partial charge >= 0.3 is 0 Å². The van der Waals surface area contributed by atoms with E-state index in [0.717, 1.165) is 5.56 Å². The van der Waals surface area contributed by atoms with Crippen molar-refractivity contribution < 1.29 is 9.84 Å². The second kappa shape index (κ2) is 4.87. The summed E-state index contributed by atoms with van der Waals surface area (Å²) in [6.45, 7) is 1.63. The number of rotatable bonds is 3. The molecule has 0 amide bonds. The Kier molecular flexibility index (Phi) is 4.05. The van der Waals surface area contributed by atoms with E-state index in [-0.39, 0.29) is 0 Å². The second-order valence-electron chi connectivity index (χ2n) is 3.04. The Morgan fingerprint density at radius 1 is 1.43 bits per heavy atom. The van der Waals surface area contributed by atoms with Crippen LogP contribution in [0.2, 0.25) is 5.02 Å². The van der Waals surface area contributed by atoms with E-state index >= 15 is 0 Å². The van der Waals surface area contributed by atoms with Gasteiger partial charge in [-0.15, -0.1) is 11.6 Å². The molecule has 0 fully saturated rings. The molecule has 0 aromatic heterocycles. The molecule has 0 spiro atoms. The number of hydrogen-bond acceptors (Lipinski definition) is 2. The molecule has 0 saturated carbocycles. The monoisotopic (exact) mass is 234 g/mol. The van der Waals surface area contributed by atoms with Gasteiger partial charge in [-0.2, -0.15) is 0 Å². The molecule has 1 N–H and O–H groups in total. The number of alkyl halides is 1. The molecular weight excluding hydrogens is 223 g/mol. The highest BCUT2D eigenvalue weighted by atomic mass is 35.5. The number of aliphatic hydroxyl groups excluding tert-OH is 1. The van der Waals surface area contributed by atoms with Crippen LogP contribution in [0.1, 0.15) is 17.9 Å². The van der Waals surface area contributed by atoms with Crippen LogP contribution in [0, 0.1) is 0 Å². The SMILES string of the molecule is COc1ccc(C(Cl)C(C)O)cc1Cl. The topological polar surface area (TPSA) is 29.5 Å². The van der Waals surface area contributed by atoms with E-state index in [1.165, 1.54) is 0 Å². The number of methoxy groups -OCH3 is 1. The second-order valence-corrected chi connectivity index (χ2v) is 3.91. The zero-order chi connectivity index (χ0) is 10.7. The van der Waals surface area contributed by atoms with Crippen molar-refractivity contribution in [3.8, 4) is 5.75 Å². The molecule has 1 aromatic rings. The number of halogens is 2. The van der Waals surface area contributed by atoms with Gasteiger partial charge in [-0.25, -0.2) is 0 Å². The van der Waals surface area contributed by atoms with E-state index in [4.69, 9.17) is 27.9 Å². The first-order valence-corrected chi connectivity index (χ1v) is 5.03. The minimum atomic E-state index is -0.610. The summed E-state index contributed by atoms with van der Waals surface area (Å²) in [5.74, 6) is 0.602. The smallest absolute Gasteiger partial charge is 0.137 e. The van der Waals surface area contributed by atoms with E-state index < -0.39 is 11.5 Å². The Labute approximate surface area is 93.4 Å². The van der Waals surface area contributed by atoms with Gasteiger partial charge in [-0.3, -0.25) is 0 Å². The lowest BCUT2D eigenvalue weighted by atomic mass is 10.1. The first-order valence-electron chi connectivity index (χ1n) is 4.22. The molecule has 2 nitrogen and oxygen atoms in total. The average molecular weight is 235 g/mol. The summed E-state index contributed by atoms with van der Waals surface area (Å²) in [4.78, 5) is 0. The van der Waals surface area contributed by atoms with Crippen molar-refractivity contribution in [2.45, 2.75) is 18.4 Å². The molecule has 0 aliphatic rings. The fourth-order valence-corrected chi connectivity index (χ4v) is 1.53. The van der Waals surface area contributed by atoms with Crippen molar-refractivity contribution in [3.05, 3.63) is 28.8 Å². The fourth-order valence-electron chi connectivity index (χ4n) is 1.13. The quantitative estimate of drug-likeness (QED) is 0.816. The number of hydrogen-bond donors (Lipinski definition) is 1. The van der Waals surface area contributed by atoms with Crippen molar-refractivity contribution in [1.29, 1.82) is 0 Å². The van der Waals surface area contributed by atoms with Gasteiger partial charge in [0.25, 0.3) is 0 Å². The molecule has 0 radical (unpaired) electrons. The first-order chi connectivity index (χ1) is 6.56. The molecule has 0 heterocycles. The summed E-state index contributed by atoms with van der Waals surface area (Å²) in [5, 5.41) is 9.34. The van der Waals surface area contributed by atoms with Crippen LogP contribution in [-0.4, -0.2) is 18.3 Å². The van der Waals surface area contributed by atoms with E-state index in [1.807, 2.05) is 0 Å². The summed E-state index contributed by atoms with van der Waals surface area (Å²) < 4.78 is 5.00. The van der Waals surface area contributed by atoms with Gasteiger partial charge in [0.05, 0.1) is 23.6 Å². The van der Waals surface area contributed by atoms with Crippen molar-refractivity contribution in [3.63, 3.8) is 0 Å². The van der Waals surface area contributed by atoms with Crippen molar-refractivity contribution in [1.82, 2.24) is 0 Å². The lowest BCUT2D eigenvalue weighted by Gasteiger charge is -2.13. The van der Waals surface area contributed by atoms with Gasteiger partial charge < -0.3 is 9.84 Å². The van der Waals surface area contributed by atoms with E-state index in [0.29, 0.717) is 10.8 Å². The maximum Gasteiger partial charge on any atom is 0.137 e. The third kappa shape index (κ3) is 2.53. The highest BCUT2D eigenvalue weighted by molar-refractivity contribution is 6.32. The molecule has 0 aliphatic heterocycles. The maximum absolute atomic E-state index is 9.29. The Balaban J connectivity index is 2.96. The zero-order valence-electron chi connectivity index (χ0n) is 8.00. The molecule has 14 heavy (non-hydrogen) atoms. The molecule has 78 valence electrons. The van der Waals surface area contributed by atoms with Crippen molar-refractivity contribution in [2.75, 3.05) is 7.11 Å². The van der Waals surface area contributed by atoms with Crippen LogP contribution in [0.15, 0.2) is 18.2 Å². The number of ether oxygens (including phenoxy) is 1. The molecule has 0 aliphatic carbocycles. The van der Waals surface area contributed by atoms with E-state index in [2.05, 4.69) is 0 Å². The number of aliphatic hydroxyl groups is 1. The Morgan fingerprint density at radius 2 is 2.07 bits per heavy atom. The maximum atomic E-state index is 9.29. The average Bonchev–Trinajstić information content (AvgIpc) is 2.16. The van der Waals surface area contributed by atoms with Gasteiger partial charge in [-0.1, -0.05) is 17.7 Å². The Hall–Kier alpha value is -0.440. The van der Waals surface area contributed by atoms with E-state index in [9.17, 15) is 5.11 Å². The van der Waals surface area contributed by atoms with Gasteiger partial charge in [0, 0.05) is 0 Å². The first kappa shape index (κ1) is 11.6. The van der Waals surface area contributed by atoms with Gasteiger partial charge in [0.1, 0.15) is 5.75 Å². The predicted molar refractivity (Wildman–Crippen MR) is 58.3 cm³/mol. The molecule has 4 heteroatoms. The van der Waals surface area contributed by atoms with Crippen LogP contribution in [0.25, 0.3) is 0 Å². The molecule has 2 unspecified atom stereocenters. The third-order valence-corrected chi connectivity index (χ3v) is 2.83. The van der Waals surface area contributed by atoms with Gasteiger partial charge in [0.15, 0.2) is 0 Å². The summed E-state index contributed by atoms with van der Waals surface area (Å²) in [7, 11) is 1.55. The Morgan fingerprint density at radius 3 is 2.50 bits per heavy atom. The van der Waals surface area contributed by atoms with Gasteiger partial charge in [-0.05, 0) is 24.6 Å². The number of benzene rings is 1. The summed E-state index contributed by atoms with van der Waals surface area (Å²) in [5.41, 5.74) is 0.785. The minimum Gasteiger partial charge on any atom is -0.495 e. The van der Waals surface area contributed by atoms with Crippen LogP contribution in [0.3, 0.4) is 0 Å². The molecule has 0 saturated heterocycles. The minimum absolute atomic E-state index is 0.446. The largest absolute Gasteiger partial charge is 0.495 e. The summed E-state index contributed by atoms with van der Waals surface area (Å²) in [6.07, 6.45) is -0.610. The highest BCUT2D eigenvalue weighted by Crippen LogP contribution is 2.31. The van der Waals surface area contributed by atoms with Crippen LogP contribution in [-0.2, 0) is 0 Å². The molecule has 1 rings (SSSR count). The summed E-state index contributed by atoms with van der Waals surface area (Å²) in [6, 6.07) is 5.22. The molecule has 0 bridgehead atoms. The predicted octanol–water partition coefficient (Wildman–Crippen LogP) is 3.01. The fraction of sp³-hybridized carbons (Fsp3) is 0.400. The normalized spacial score (nSPS) is 14.9. The van der Waals surface area contributed by atoms with Crippen molar-refractivity contribution >= 4 is 23.2 Å². The lowest BCUT2D eigenvalue weighted by Crippen LogP contribution is -2.08.